The van der Waals surface area contributed by atoms with E-state index in [0.717, 1.165) is 0 Å². The average Bonchev–Trinajstić information content (AvgIpc) is 2.66. The third-order valence-electron chi connectivity index (χ3n) is 4.58. The van der Waals surface area contributed by atoms with E-state index in [1.54, 1.807) is 12.1 Å². The van der Waals surface area contributed by atoms with Crippen molar-refractivity contribution in [3.05, 3.63) is 42.5 Å². The van der Waals surface area contributed by atoms with Gasteiger partial charge in [-0.25, -0.2) is 13.1 Å². The summed E-state index contributed by atoms with van der Waals surface area (Å²) in [6, 6.07) is 5.88. The first-order valence-corrected chi connectivity index (χ1v) is 10.8. The highest BCUT2D eigenvalue weighted by Crippen LogP contribution is 2.21. The van der Waals surface area contributed by atoms with Gasteiger partial charge in [0.1, 0.15) is 0 Å². The van der Waals surface area contributed by atoms with Gasteiger partial charge in [-0.15, -0.1) is 6.58 Å². The second-order valence-electron chi connectivity index (χ2n) is 7.96. The number of piperidine rings is 1. The summed E-state index contributed by atoms with van der Waals surface area (Å²) in [6.45, 7) is 10.5. The Kier molecular flexibility index (Phi) is 7.01. The summed E-state index contributed by atoms with van der Waals surface area (Å²) in [4.78, 5) is 26.8. The van der Waals surface area contributed by atoms with Crippen LogP contribution >= 0.6 is 0 Å². The number of amides is 2. The van der Waals surface area contributed by atoms with Gasteiger partial charge in [0.2, 0.25) is 15.9 Å². The van der Waals surface area contributed by atoms with Crippen molar-refractivity contribution in [2.75, 3.05) is 19.6 Å². The Balaban J connectivity index is 1.98. The molecule has 1 aliphatic rings. The van der Waals surface area contributed by atoms with Crippen LogP contribution < -0.4 is 10.0 Å². The molecule has 0 bridgehead atoms. The van der Waals surface area contributed by atoms with Crippen LogP contribution in [-0.2, 0) is 14.8 Å². The Morgan fingerprint density at radius 1 is 1.25 bits per heavy atom. The number of rotatable bonds is 6. The van der Waals surface area contributed by atoms with Gasteiger partial charge in [-0.1, -0.05) is 32.9 Å². The number of nitrogens with one attached hydrogen (secondary N) is 2. The number of hydrogen-bond donors (Lipinski definition) is 2. The van der Waals surface area contributed by atoms with Gasteiger partial charge < -0.3 is 10.2 Å². The lowest BCUT2D eigenvalue weighted by atomic mass is 9.93. The molecular formula is C20H29N3O4S. The highest BCUT2D eigenvalue weighted by Gasteiger charge is 2.30. The van der Waals surface area contributed by atoms with E-state index in [-0.39, 0.29) is 34.9 Å². The van der Waals surface area contributed by atoms with Crippen LogP contribution in [0.4, 0.5) is 0 Å². The van der Waals surface area contributed by atoms with Gasteiger partial charge in [-0.3, -0.25) is 9.59 Å². The van der Waals surface area contributed by atoms with Crippen LogP contribution in [0.5, 0.6) is 0 Å². The molecule has 1 aliphatic heterocycles. The molecule has 0 spiro atoms. The van der Waals surface area contributed by atoms with E-state index in [4.69, 9.17) is 0 Å². The Bertz CT molecular complexity index is 835. The van der Waals surface area contributed by atoms with Crippen molar-refractivity contribution < 1.29 is 18.0 Å². The number of carbonyl (C=O) groups excluding carboxylic acids is 2. The maximum Gasteiger partial charge on any atom is 0.251 e. The molecule has 154 valence electrons. The maximum atomic E-state index is 12.6. The summed E-state index contributed by atoms with van der Waals surface area (Å²) in [5.41, 5.74) is -0.128. The summed E-state index contributed by atoms with van der Waals surface area (Å²) < 4.78 is 26.8. The quantitative estimate of drug-likeness (QED) is 0.704. The minimum atomic E-state index is -3.69. The van der Waals surface area contributed by atoms with Crippen molar-refractivity contribution in [2.45, 2.75) is 44.6 Å². The van der Waals surface area contributed by atoms with E-state index in [1.165, 1.54) is 18.2 Å². The molecular weight excluding hydrogens is 378 g/mol. The van der Waals surface area contributed by atoms with Crippen LogP contribution in [0.25, 0.3) is 0 Å². The first-order valence-electron chi connectivity index (χ1n) is 9.35. The normalized spacial score (nSPS) is 15.9. The lowest BCUT2D eigenvalue weighted by Gasteiger charge is -2.36. The molecule has 0 aromatic heterocycles. The lowest BCUT2D eigenvalue weighted by molar-refractivity contribution is -0.140. The summed E-state index contributed by atoms with van der Waals surface area (Å²) in [5, 5.41) is 2.95. The summed E-state index contributed by atoms with van der Waals surface area (Å²) in [6.07, 6.45) is 2.80. The molecule has 1 aromatic rings. The molecule has 0 atom stereocenters. The first kappa shape index (κ1) is 22.1. The van der Waals surface area contributed by atoms with E-state index >= 15 is 0 Å². The monoisotopic (exact) mass is 407 g/mol. The predicted octanol–water partition coefficient (Wildman–Crippen LogP) is 1.92. The van der Waals surface area contributed by atoms with Gasteiger partial charge in [0.05, 0.1) is 4.90 Å². The molecule has 2 N–H and O–H groups in total. The zero-order valence-electron chi connectivity index (χ0n) is 16.7. The van der Waals surface area contributed by atoms with Gasteiger partial charge in [-0.2, -0.15) is 0 Å². The fourth-order valence-corrected chi connectivity index (χ4v) is 4.07. The molecule has 0 saturated carbocycles. The SMILES string of the molecule is C=CCNS(=O)(=O)c1cccc(C(=O)NC2CCN(C(=O)C(C)(C)C)CC2)c1. The molecule has 0 aliphatic carbocycles. The van der Waals surface area contributed by atoms with Crippen molar-refractivity contribution in [2.24, 2.45) is 5.41 Å². The molecule has 1 fully saturated rings. The molecule has 1 saturated heterocycles. The standard InChI is InChI=1S/C20H29N3O4S/c1-5-11-21-28(26,27)17-8-6-7-15(14-17)18(24)22-16-9-12-23(13-10-16)19(25)20(2,3)4/h5-8,14,16,21H,1,9-13H2,2-4H3,(H,22,24). The van der Waals surface area contributed by atoms with Gasteiger partial charge in [0.15, 0.2) is 0 Å². The van der Waals surface area contributed by atoms with Crippen LogP contribution in [0.3, 0.4) is 0 Å². The molecule has 28 heavy (non-hydrogen) atoms. The molecule has 8 heteroatoms. The number of likely N-dealkylation sites (tertiary alicyclic amines) is 1. The van der Waals surface area contributed by atoms with Crippen molar-refractivity contribution in [1.82, 2.24) is 14.9 Å². The number of hydrogen-bond acceptors (Lipinski definition) is 4. The minimum absolute atomic E-state index is 0.0348. The second kappa shape index (κ2) is 8.87. The Labute approximate surface area is 167 Å². The summed E-state index contributed by atoms with van der Waals surface area (Å²) in [5.74, 6) is -0.205. The Morgan fingerprint density at radius 2 is 1.89 bits per heavy atom. The summed E-state index contributed by atoms with van der Waals surface area (Å²) in [7, 11) is -3.69. The lowest BCUT2D eigenvalue weighted by Crippen LogP contribution is -2.49. The van der Waals surface area contributed by atoms with Crippen LogP contribution in [0.15, 0.2) is 41.8 Å². The van der Waals surface area contributed by atoms with E-state index in [2.05, 4.69) is 16.6 Å². The van der Waals surface area contributed by atoms with Crippen molar-refractivity contribution in [3.8, 4) is 0 Å². The number of nitrogens with zero attached hydrogens (tertiary/aromatic N) is 1. The number of carbonyl (C=O) groups is 2. The van der Waals surface area contributed by atoms with Crippen molar-refractivity contribution >= 4 is 21.8 Å². The van der Waals surface area contributed by atoms with E-state index in [9.17, 15) is 18.0 Å². The Morgan fingerprint density at radius 3 is 2.46 bits per heavy atom. The highest BCUT2D eigenvalue weighted by atomic mass is 32.2. The van der Waals surface area contributed by atoms with Gasteiger partial charge in [0, 0.05) is 36.7 Å². The molecule has 7 nitrogen and oxygen atoms in total. The fourth-order valence-electron chi connectivity index (χ4n) is 3.03. The maximum absolute atomic E-state index is 12.6. The first-order chi connectivity index (χ1) is 13.0. The summed E-state index contributed by atoms with van der Waals surface area (Å²) >= 11 is 0. The topological polar surface area (TPSA) is 95.6 Å². The minimum Gasteiger partial charge on any atom is -0.349 e. The third-order valence-corrected chi connectivity index (χ3v) is 6.00. The molecule has 1 heterocycles. The average molecular weight is 408 g/mol. The van der Waals surface area contributed by atoms with Gasteiger partial charge >= 0.3 is 0 Å². The molecule has 2 amide bonds. The van der Waals surface area contributed by atoms with Gasteiger partial charge in [0.25, 0.3) is 5.91 Å². The molecule has 2 rings (SSSR count). The van der Waals surface area contributed by atoms with Gasteiger partial charge in [-0.05, 0) is 31.0 Å². The third kappa shape index (κ3) is 5.65. The smallest absolute Gasteiger partial charge is 0.251 e. The van der Waals surface area contributed by atoms with Crippen LogP contribution in [0.2, 0.25) is 0 Å². The van der Waals surface area contributed by atoms with E-state index in [1.807, 2.05) is 25.7 Å². The van der Waals surface area contributed by atoms with E-state index < -0.39 is 15.4 Å². The molecule has 0 radical (unpaired) electrons. The highest BCUT2D eigenvalue weighted by molar-refractivity contribution is 7.89. The van der Waals surface area contributed by atoms with Crippen LogP contribution in [-0.4, -0.2) is 50.8 Å². The molecule has 1 aromatic carbocycles. The van der Waals surface area contributed by atoms with Crippen LogP contribution in [0.1, 0.15) is 44.0 Å². The zero-order chi connectivity index (χ0) is 20.9. The van der Waals surface area contributed by atoms with Crippen molar-refractivity contribution in [1.29, 1.82) is 0 Å². The predicted molar refractivity (Wildman–Crippen MR) is 108 cm³/mol. The van der Waals surface area contributed by atoms with E-state index in [0.29, 0.717) is 25.9 Å². The Hall–Kier alpha value is -2.19. The second-order valence-corrected chi connectivity index (χ2v) is 9.73. The fraction of sp³-hybridized carbons (Fsp3) is 0.500. The zero-order valence-corrected chi connectivity index (χ0v) is 17.5. The molecule has 0 unspecified atom stereocenters. The number of benzene rings is 1. The largest absolute Gasteiger partial charge is 0.349 e. The number of sulfonamides is 1. The van der Waals surface area contributed by atoms with Crippen molar-refractivity contribution in [3.63, 3.8) is 0 Å². The van der Waals surface area contributed by atoms with Crippen LogP contribution in [0, 0.1) is 5.41 Å².